The predicted octanol–water partition coefficient (Wildman–Crippen LogP) is 2.88. The van der Waals surface area contributed by atoms with Crippen molar-refractivity contribution in [2.75, 3.05) is 18.5 Å². The molecule has 11 heteroatoms. The molecule has 0 unspecified atom stereocenters. The fraction of sp³-hybridized carbons (Fsp3) is 0.462. The lowest BCUT2D eigenvalue weighted by molar-refractivity contribution is 0.00706. The highest BCUT2D eigenvalue weighted by atomic mass is 35.5. The number of ether oxygens (including phenoxy) is 3. The summed E-state index contributed by atoms with van der Waals surface area (Å²) in [6, 6.07) is 4.86. The van der Waals surface area contributed by atoms with E-state index in [1.807, 2.05) is 6.07 Å². The Morgan fingerprint density at radius 3 is 2.84 bits per heavy atom. The van der Waals surface area contributed by atoms with Gasteiger partial charge in [-0.1, -0.05) is 23.4 Å². The number of aromatic nitrogens is 3. The van der Waals surface area contributed by atoms with Gasteiger partial charge in [-0.15, -0.1) is 0 Å². The van der Waals surface area contributed by atoms with E-state index in [-0.39, 0.29) is 37.2 Å². The number of rotatable bonds is 4. The van der Waals surface area contributed by atoms with Crippen LogP contribution in [-0.4, -0.2) is 68.4 Å². The number of imidazole rings is 1. The number of pyridine rings is 1. The first-order valence-electron chi connectivity index (χ1n) is 12.1. The lowest BCUT2D eigenvalue weighted by atomic mass is 10.0. The highest BCUT2D eigenvalue weighted by molar-refractivity contribution is 6.33. The number of aryl methyl sites for hydroxylation is 1. The molecule has 0 radical (unpaired) electrons. The summed E-state index contributed by atoms with van der Waals surface area (Å²) in [5.41, 5.74) is 1.77. The minimum Gasteiger partial charge on any atom is -0.456 e. The topological polar surface area (TPSA) is 122 Å². The van der Waals surface area contributed by atoms with Crippen molar-refractivity contribution in [3.05, 3.63) is 45.7 Å². The van der Waals surface area contributed by atoms with Crippen LogP contribution in [0.1, 0.15) is 43.0 Å². The van der Waals surface area contributed by atoms with Crippen molar-refractivity contribution in [2.45, 2.75) is 62.7 Å². The zero-order valence-electron chi connectivity index (χ0n) is 20.2. The van der Waals surface area contributed by atoms with Gasteiger partial charge in [0.1, 0.15) is 35.5 Å². The van der Waals surface area contributed by atoms with Gasteiger partial charge in [0.05, 0.1) is 29.8 Å². The third kappa shape index (κ3) is 4.74. The minimum absolute atomic E-state index is 0.210. The fourth-order valence-corrected chi connectivity index (χ4v) is 5.27. The molecule has 4 N–H and O–H groups in total. The number of nitrogens with one attached hydrogen (secondary N) is 2. The van der Waals surface area contributed by atoms with Crippen LogP contribution in [0.2, 0.25) is 5.02 Å². The second-order valence-corrected chi connectivity index (χ2v) is 10.5. The molecule has 9 nitrogen and oxygen atoms in total. The average Bonchev–Trinajstić information content (AvgIpc) is 3.59. The maximum absolute atomic E-state index is 15.1. The number of anilines is 1. The molecule has 2 saturated heterocycles. The van der Waals surface area contributed by atoms with Gasteiger partial charge in [-0.25, -0.2) is 9.37 Å². The molecular weight excluding hydrogens is 503 g/mol. The molecule has 0 saturated carbocycles. The van der Waals surface area contributed by atoms with Crippen LogP contribution >= 0.6 is 11.6 Å². The highest BCUT2D eigenvalue weighted by Gasteiger charge is 2.48. The predicted molar refractivity (Wildman–Crippen MR) is 133 cm³/mol. The Morgan fingerprint density at radius 1 is 1.22 bits per heavy atom. The Hall–Kier alpha value is -2.94. The lowest BCUT2D eigenvalue weighted by Gasteiger charge is -2.16. The van der Waals surface area contributed by atoms with Gasteiger partial charge in [0.15, 0.2) is 11.8 Å². The molecule has 194 valence electrons. The molecule has 0 bridgehead atoms. The molecule has 1 aromatic carbocycles. The summed E-state index contributed by atoms with van der Waals surface area (Å²) in [7, 11) is 0. The zero-order chi connectivity index (χ0) is 25.9. The molecule has 3 aliphatic rings. The summed E-state index contributed by atoms with van der Waals surface area (Å²) in [5.74, 6) is 5.59. The Morgan fingerprint density at radius 2 is 2.03 bits per heavy atom. The lowest BCUT2D eigenvalue weighted by Crippen LogP contribution is -2.34. The number of fused-ring (bicyclic) bond motifs is 3. The van der Waals surface area contributed by atoms with Crippen LogP contribution in [-0.2, 0) is 15.9 Å². The Bertz CT molecular complexity index is 1430. The number of nitrogens with zero attached hydrogens (tertiary/aromatic N) is 2. The molecule has 1 aliphatic carbocycles. The third-order valence-corrected chi connectivity index (χ3v) is 7.03. The van der Waals surface area contributed by atoms with E-state index in [9.17, 15) is 10.2 Å². The van der Waals surface area contributed by atoms with E-state index >= 15 is 4.39 Å². The molecule has 2 fully saturated rings. The van der Waals surface area contributed by atoms with E-state index in [0.717, 1.165) is 5.56 Å². The minimum atomic E-state index is -1.15. The van der Waals surface area contributed by atoms with Crippen LogP contribution in [0, 0.1) is 17.7 Å². The zero-order valence-corrected chi connectivity index (χ0v) is 21.0. The Balaban J connectivity index is 1.21. The fourth-order valence-electron chi connectivity index (χ4n) is 5.06. The van der Waals surface area contributed by atoms with Gasteiger partial charge in [-0.2, -0.15) is 4.98 Å². The van der Waals surface area contributed by atoms with E-state index in [1.165, 1.54) is 6.07 Å². The molecular formula is C26H26ClFN4O5. The van der Waals surface area contributed by atoms with E-state index in [1.54, 1.807) is 19.9 Å². The third-order valence-electron chi connectivity index (χ3n) is 6.74. The number of hydrogen-bond acceptors (Lipinski definition) is 8. The number of aliphatic hydroxyl groups excluding tert-OH is 1. The molecule has 2 aliphatic heterocycles. The summed E-state index contributed by atoms with van der Waals surface area (Å²) in [6.07, 6.45) is -0.513. The summed E-state index contributed by atoms with van der Waals surface area (Å²) in [5, 5.41) is 23.4. The van der Waals surface area contributed by atoms with E-state index in [2.05, 4.69) is 32.1 Å². The maximum atomic E-state index is 15.1. The number of aliphatic hydroxyl groups is 2. The van der Waals surface area contributed by atoms with Crippen molar-refractivity contribution in [3.8, 4) is 17.9 Å². The van der Waals surface area contributed by atoms with Crippen LogP contribution in [0.4, 0.5) is 10.2 Å². The number of halogens is 2. The molecule has 37 heavy (non-hydrogen) atoms. The summed E-state index contributed by atoms with van der Waals surface area (Å²) >= 11 is 6.51. The van der Waals surface area contributed by atoms with E-state index in [0.29, 0.717) is 46.0 Å². The Kier molecular flexibility index (Phi) is 6.01. The molecule has 3 aromatic rings. The summed E-state index contributed by atoms with van der Waals surface area (Å²) in [4.78, 5) is 12.0. The second kappa shape index (κ2) is 9.11. The normalized spacial score (nSPS) is 26.6. The van der Waals surface area contributed by atoms with Crippen molar-refractivity contribution in [1.82, 2.24) is 15.0 Å². The number of aromatic amines is 1. The first kappa shape index (κ1) is 24.4. The number of benzene rings is 1. The monoisotopic (exact) mass is 528 g/mol. The molecule has 4 heterocycles. The van der Waals surface area contributed by atoms with Crippen LogP contribution in [0.3, 0.4) is 0 Å². The maximum Gasteiger partial charge on any atom is 0.296 e. The first-order chi connectivity index (χ1) is 17.6. The molecule has 0 spiro atoms. The van der Waals surface area contributed by atoms with Gasteiger partial charge in [-0.3, -0.25) is 0 Å². The summed E-state index contributed by atoms with van der Waals surface area (Å²) < 4.78 is 32.2. The van der Waals surface area contributed by atoms with Gasteiger partial charge in [0.2, 0.25) is 0 Å². The number of H-pyrrole nitrogens is 1. The van der Waals surface area contributed by atoms with Gasteiger partial charge in [-0.05, 0) is 50.5 Å². The quantitative estimate of drug-likeness (QED) is 0.381. The first-order valence-corrected chi connectivity index (χ1v) is 12.5. The number of hydrogen-bond donors (Lipinski definition) is 4. The smallest absolute Gasteiger partial charge is 0.296 e. The molecule has 5 atom stereocenters. The van der Waals surface area contributed by atoms with Gasteiger partial charge >= 0.3 is 0 Å². The highest BCUT2D eigenvalue weighted by Crippen LogP contribution is 2.38. The molecule has 6 rings (SSSR count). The van der Waals surface area contributed by atoms with Gasteiger partial charge in [0, 0.05) is 11.1 Å². The van der Waals surface area contributed by atoms with Gasteiger partial charge < -0.3 is 34.7 Å². The molecule has 2 aromatic heterocycles. The average molecular weight is 529 g/mol. The standard InChI is InChI=1S/C26H26ClFN4O5/c1-26(2,34)6-5-12-7-13-3-4-16(20(13)15(28)8-12)29-23-14(27)9-17-24(31-23)32-25(30-17)37-19-11-36-21-18(33)10-35-22(19)21/h7-9,16,18-19,21-22,33-34H,3-4,10-11H2,1-2H3,(H2,29,30,31,32)/t16-,18+,19+,21+,22+/m0/s1. The largest absolute Gasteiger partial charge is 0.456 e. The SMILES string of the molecule is CC(C)(O)C#Cc1cc(F)c2c(c1)CC[C@@H]2Nc1nc2nc(O[C@@H]3CO[C@H]4[C@@H]3OC[C@H]4O)[nH]c2cc1Cl. The van der Waals surface area contributed by atoms with Gasteiger partial charge in [0.25, 0.3) is 6.01 Å². The Labute approximate surface area is 217 Å². The van der Waals surface area contributed by atoms with E-state index < -0.39 is 23.9 Å². The van der Waals surface area contributed by atoms with Crippen molar-refractivity contribution >= 4 is 28.6 Å². The van der Waals surface area contributed by atoms with Crippen LogP contribution in [0.15, 0.2) is 18.2 Å². The molecule has 0 amide bonds. The van der Waals surface area contributed by atoms with Crippen molar-refractivity contribution < 1.29 is 28.8 Å². The van der Waals surface area contributed by atoms with Crippen LogP contribution < -0.4 is 10.1 Å². The van der Waals surface area contributed by atoms with Crippen LogP contribution in [0.5, 0.6) is 6.01 Å². The second-order valence-electron chi connectivity index (χ2n) is 10.1. The van der Waals surface area contributed by atoms with Crippen LogP contribution in [0.25, 0.3) is 11.2 Å². The van der Waals surface area contributed by atoms with Crippen molar-refractivity contribution in [2.24, 2.45) is 0 Å². The van der Waals surface area contributed by atoms with Crippen molar-refractivity contribution in [3.63, 3.8) is 0 Å². The van der Waals surface area contributed by atoms with Crippen molar-refractivity contribution in [1.29, 1.82) is 0 Å². The van der Waals surface area contributed by atoms with E-state index in [4.69, 9.17) is 25.8 Å². The summed E-state index contributed by atoms with van der Waals surface area (Å²) in [6.45, 7) is 3.66.